The van der Waals surface area contributed by atoms with E-state index in [1.54, 1.807) is 17.6 Å². The zero-order chi connectivity index (χ0) is 12.3. The van der Waals surface area contributed by atoms with E-state index < -0.39 is 0 Å². The van der Waals surface area contributed by atoms with Gasteiger partial charge >= 0.3 is 0 Å². The molecule has 1 N–H and O–H groups in total. The van der Waals surface area contributed by atoms with Crippen LogP contribution in [-0.4, -0.2) is 10.9 Å². The lowest BCUT2D eigenvalue weighted by Gasteiger charge is -2.00. The number of nitrogens with zero attached hydrogens (tertiary/aromatic N) is 1. The topological polar surface area (TPSA) is 55.1 Å². The van der Waals surface area contributed by atoms with Gasteiger partial charge < -0.3 is 9.73 Å². The van der Waals surface area contributed by atoms with Crippen LogP contribution in [0.4, 0.5) is 0 Å². The van der Waals surface area contributed by atoms with Crippen LogP contribution in [0.1, 0.15) is 23.9 Å². The van der Waals surface area contributed by atoms with E-state index in [4.69, 9.17) is 4.42 Å². The molecule has 90 valence electrons. The van der Waals surface area contributed by atoms with Gasteiger partial charge in [0.15, 0.2) is 10.8 Å². The van der Waals surface area contributed by atoms with Gasteiger partial charge in [0.2, 0.25) is 5.91 Å². The zero-order valence-corrected chi connectivity index (χ0v) is 10.6. The van der Waals surface area contributed by atoms with Crippen LogP contribution in [0.15, 0.2) is 22.8 Å². The summed E-state index contributed by atoms with van der Waals surface area (Å²) >= 11 is 1.55. The lowest BCUT2D eigenvalue weighted by molar-refractivity contribution is -0.120. The fourth-order valence-corrected chi connectivity index (χ4v) is 2.37. The number of aryl methyl sites for hydroxylation is 1. The minimum atomic E-state index is 0.0531. The highest BCUT2D eigenvalue weighted by Gasteiger charge is 2.11. The molecule has 0 fully saturated rings. The summed E-state index contributed by atoms with van der Waals surface area (Å²) in [7, 11) is 0. The predicted octanol–water partition coefficient (Wildman–Crippen LogP) is 2.74. The summed E-state index contributed by atoms with van der Waals surface area (Å²) in [6, 6.07) is 3.72. The van der Waals surface area contributed by atoms with E-state index in [0.717, 1.165) is 21.3 Å². The van der Waals surface area contributed by atoms with Crippen LogP contribution in [0.5, 0.6) is 0 Å². The molecule has 2 aromatic heterocycles. The van der Waals surface area contributed by atoms with E-state index in [1.807, 2.05) is 26.0 Å². The van der Waals surface area contributed by atoms with Gasteiger partial charge in [-0.3, -0.25) is 4.79 Å². The van der Waals surface area contributed by atoms with Crippen molar-refractivity contribution in [2.24, 2.45) is 0 Å². The largest absolute Gasteiger partial charge is 0.462 e. The second-order valence-corrected chi connectivity index (χ2v) is 4.72. The summed E-state index contributed by atoms with van der Waals surface area (Å²) in [5.74, 6) is 0.823. The average molecular weight is 250 g/mol. The Labute approximate surface area is 104 Å². The second-order valence-electron chi connectivity index (χ2n) is 3.64. The number of amides is 1. The molecule has 0 aliphatic rings. The first kappa shape index (κ1) is 11.9. The van der Waals surface area contributed by atoms with Crippen LogP contribution in [-0.2, 0) is 11.3 Å². The standard InChI is InChI=1S/C12H14N2O2S/c1-3-11(15)13-7-10-8(2)14-12(17-10)9-5-4-6-16-9/h4-6H,3,7H2,1-2H3,(H,13,15). The van der Waals surface area contributed by atoms with E-state index in [0.29, 0.717) is 13.0 Å². The first-order valence-corrected chi connectivity index (χ1v) is 6.29. The van der Waals surface area contributed by atoms with Crippen LogP contribution in [0, 0.1) is 6.92 Å². The normalized spacial score (nSPS) is 10.5. The molecule has 0 atom stereocenters. The average Bonchev–Trinajstić information content (AvgIpc) is 2.95. The van der Waals surface area contributed by atoms with Gasteiger partial charge in [-0.25, -0.2) is 4.98 Å². The van der Waals surface area contributed by atoms with Crippen LogP contribution in [0.3, 0.4) is 0 Å². The molecule has 2 heterocycles. The quantitative estimate of drug-likeness (QED) is 0.907. The molecule has 2 aromatic rings. The maximum Gasteiger partial charge on any atom is 0.220 e. The summed E-state index contributed by atoms with van der Waals surface area (Å²) < 4.78 is 5.30. The van der Waals surface area contributed by atoms with Crippen molar-refractivity contribution in [3.63, 3.8) is 0 Å². The highest BCUT2D eigenvalue weighted by Crippen LogP contribution is 2.27. The summed E-state index contributed by atoms with van der Waals surface area (Å²) in [5.41, 5.74) is 0.942. The van der Waals surface area contributed by atoms with Crippen molar-refractivity contribution >= 4 is 17.2 Å². The van der Waals surface area contributed by atoms with E-state index in [2.05, 4.69) is 10.3 Å². The van der Waals surface area contributed by atoms with Gasteiger partial charge in [-0.2, -0.15) is 0 Å². The molecule has 0 aromatic carbocycles. The molecule has 2 rings (SSSR count). The van der Waals surface area contributed by atoms with Gasteiger partial charge in [0.25, 0.3) is 0 Å². The van der Waals surface area contributed by atoms with E-state index in [9.17, 15) is 4.79 Å². The molecule has 5 heteroatoms. The Morgan fingerprint density at radius 1 is 1.59 bits per heavy atom. The monoisotopic (exact) mass is 250 g/mol. The third kappa shape index (κ3) is 2.74. The number of carbonyl (C=O) groups excluding carboxylic acids is 1. The molecule has 0 saturated heterocycles. The summed E-state index contributed by atoms with van der Waals surface area (Å²) in [6.07, 6.45) is 2.13. The van der Waals surface area contributed by atoms with Gasteiger partial charge in [0, 0.05) is 11.3 Å². The number of hydrogen-bond donors (Lipinski definition) is 1. The SMILES string of the molecule is CCC(=O)NCc1sc(-c2ccco2)nc1C. The Morgan fingerprint density at radius 3 is 3.06 bits per heavy atom. The van der Waals surface area contributed by atoms with Crippen molar-refractivity contribution in [3.8, 4) is 10.8 Å². The van der Waals surface area contributed by atoms with Crippen LogP contribution in [0.25, 0.3) is 10.8 Å². The number of carbonyl (C=O) groups is 1. The van der Waals surface area contributed by atoms with E-state index in [1.165, 1.54) is 0 Å². The van der Waals surface area contributed by atoms with Crippen LogP contribution >= 0.6 is 11.3 Å². The molecule has 0 radical (unpaired) electrons. The Kier molecular flexibility index (Phi) is 3.58. The van der Waals surface area contributed by atoms with Crippen molar-refractivity contribution in [1.29, 1.82) is 0 Å². The highest BCUT2D eigenvalue weighted by atomic mass is 32.1. The van der Waals surface area contributed by atoms with Gasteiger partial charge in [-0.15, -0.1) is 11.3 Å². The van der Waals surface area contributed by atoms with Gasteiger partial charge in [-0.05, 0) is 19.1 Å². The Bertz CT molecular complexity index is 503. The summed E-state index contributed by atoms with van der Waals surface area (Å²) in [5, 5.41) is 3.70. The molecule has 0 aliphatic carbocycles. The summed E-state index contributed by atoms with van der Waals surface area (Å²) in [6.45, 7) is 4.32. The van der Waals surface area contributed by atoms with Gasteiger partial charge in [0.05, 0.1) is 18.5 Å². The molecule has 1 amide bonds. The number of nitrogens with one attached hydrogen (secondary N) is 1. The van der Waals surface area contributed by atoms with Gasteiger partial charge in [-0.1, -0.05) is 6.92 Å². The fourth-order valence-electron chi connectivity index (χ4n) is 1.40. The van der Waals surface area contributed by atoms with Crippen LogP contribution in [0.2, 0.25) is 0 Å². The third-order valence-electron chi connectivity index (χ3n) is 2.39. The number of furan rings is 1. The van der Waals surface area contributed by atoms with Crippen LogP contribution < -0.4 is 5.32 Å². The molecule has 0 bridgehead atoms. The first-order valence-electron chi connectivity index (χ1n) is 5.47. The Balaban J connectivity index is 2.11. The molecule has 0 aliphatic heterocycles. The van der Waals surface area contributed by atoms with E-state index >= 15 is 0 Å². The van der Waals surface area contributed by atoms with Crippen molar-refractivity contribution < 1.29 is 9.21 Å². The summed E-state index contributed by atoms with van der Waals surface area (Å²) in [4.78, 5) is 16.7. The highest BCUT2D eigenvalue weighted by molar-refractivity contribution is 7.15. The fraction of sp³-hybridized carbons (Fsp3) is 0.333. The van der Waals surface area contributed by atoms with Crippen molar-refractivity contribution in [2.75, 3.05) is 0 Å². The molecular formula is C12H14N2O2S. The minimum absolute atomic E-state index is 0.0531. The maximum atomic E-state index is 11.2. The van der Waals surface area contributed by atoms with Crippen molar-refractivity contribution in [1.82, 2.24) is 10.3 Å². The first-order chi connectivity index (χ1) is 8.20. The molecule has 0 spiro atoms. The molecule has 4 nitrogen and oxygen atoms in total. The zero-order valence-electron chi connectivity index (χ0n) is 9.82. The lowest BCUT2D eigenvalue weighted by Crippen LogP contribution is -2.21. The third-order valence-corrected chi connectivity index (χ3v) is 3.56. The number of aromatic nitrogens is 1. The van der Waals surface area contributed by atoms with Crippen molar-refractivity contribution in [2.45, 2.75) is 26.8 Å². The molecule has 0 saturated carbocycles. The number of rotatable bonds is 4. The predicted molar refractivity (Wildman–Crippen MR) is 66.7 cm³/mol. The smallest absolute Gasteiger partial charge is 0.220 e. The Hall–Kier alpha value is -1.62. The molecular weight excluding hydrogens is 236 g/mol. The van der Waals surface area contributed by atoms with E-state index in [-0.39, 0.29) is 5.91 Å². The Morgan fingerprint density at radius 2 is 2.41 bits per heavy atom. The number of thiazole rings is 1. The number of hydrogen-bond acceptors (Lipinski definition) is 4. The second kappa shape index (κ2) is 5.14. The van der Waals surface area contributed by atoms with Gasteiger partial charge in [0.1, 0.15) is 0 Å². The minimum Gasteiger partial charge on any atom is -0.462 e. The lowest BCUT2D eigenvalue weighted by atomic mass is 10.3. The molecule has 17 heavy (non-hydrogen) atoms. The maximum absolute atomic E-state index is 11.2. The van der Waals surface area contributed by atoms with Crippen molar-refractivity contribution in [3.05, 3.63) is 29.0 Å². The molecule has 0 unspecified atom stereocenters.